The van der Waals surface area contributed by atoms with Gasteiger partial charge in [-0.2, -0.15) is 5.01 Å². The molecule has 194 valence electrons. The number of rotatable bonds is 8. The molecule has 0 aromatic heterocycles. The molecule has 1 saturated heterocycles. The predicted octanol–water partition coefficient (Wildman–Crippen LogP) is 4.91. The second kappa shape index (κ2) is 11.0. The molecule has 9 nitrogen and oxygen atoms in total. The van der Waals surface area contributed by atoms with Crippen molar-refractivity contribution in [2.75, 3.05) is 5.88 Å². The standard InChI is InChI=1S/C26H25Cl2N3O6/c1-15-2-11-20-21(14-15)26(35)30(25(20)34)29(24(33)17-5-9-19(10-6-17)31(36)37)22(12-13-27)23(32)16-3-7-18(28)8-4-16/h3-10,15,20-22H,2,11-14H2,1H3/t15-,20+,21-,22+/m1/s1. The maximum absolute atomic E-state index is 13.9. The summed E-state index contributed by atoms with van der Waals surface area (Å²) in [6, 6.07) is 9.54. The Kier molecular flexibility index (Phi) is 7.94. The maximum Gasteiger partial charge on any atom is 0.273 e. The summed E-state index contributed by atoms with van der Waals surface area (Å²) in [4.78, 5) is 65.2. The van der Waals surface area contributed by atoms with Gasteiger partial charge in [-0.15, -0.1) is 11.6 Å². The van der Waals surface area contributed by atoms with Gasteiger partial charge in [-0.3, -0.25) is 29.3 Å². The number of alkyl halides is 1. The maximum atomic E-state index is 13.9. The molecule has 1 aliphatic carbocycles. The van der Waals surface area contributed by atoms with Crippen molar-refractivity contribution in [1.82, 2.24) is 10.0 Å². The molecule has 1 saturated carbocycles. The molecule has 1 aliphatic heterocycles. The van der Waals surface area contributed by atoms with E-state index in [-0.39, 0.29) is 35.0 Å². The van der Waals surface area contributed by atoms with Crippen LogP contribution < -0.4 is 0 Å². The molecular formula is C26H25Cl2N3O6. The number of nitro groups is 1. The number of nitrogens with zero attached hydrogens (tertiary/aromatic N) is 3. The molecule has 0 radical (unpaired) electrons. The van der Waals surface area contributed by atoms with Crippen molar-refractivity contribution < 1.29 is 24.1 Å². The summed E-state index contributed by atoms with van der Waals surface area (Å²) < 4.78 is 0. The zero-order valence-corrected chi connectivity index (χ0v) is 21.5. The molecule has 11 heteroatoms. The number of imide groups is 1. The Morgan fingerprint density at radius 3 is 2.22 bits per heavy atom. The van der Waals surface area contributed by atoms with Crippen LogP contribution in [0.15, 0.2) is 48.5 Å². The number of hydrogen-bond acceptors (Lipinski definition) is 6. The van der Waals surface area contributed by atoms with E-state index < -0.39 is 46.3 Å². The fourth-order valence-electron chi connectivity index (χ4n) is 5.09. The minimum atomic E-state index is -1.27. The molecule has 0 N–H and O–H groups in total. The Bertz CT molecular complexity index is 1230. The van der Waals surface area contributed by atoms with E-state index in [4.69, 9.17) is 23.2 Å². The summed E-state index contributed by atoms with van der Waals surface area (Å²) >= 11 is 12.0. The number of carbonyl (C=O) groups excluding carboxylic acids is 4. The molecule has 2 aliphatic rings. The highest BCUT2D eigenvalue weighted by Crippen LogP contribution is 2.42. The summed E-state index contributed by atoms with van der Waals surface area (Å²) in [7, 11) is 0. The SMILES string of the molecule is C[C@@H]1CC[C@@H]2C(=O)N(N(C(=O)c3ccc([N+](=O)[O-])cc3)[C@@H](CCCl)C(=O)c3ccc(Cl)cc3)C(=O)[C@@H]2C1. The highest BCUT2D eigenvalue weighted by atomic mass is 35.5. The van der Waals surface area contributed by atoms with Crippen LogP contribution in [0.3, 0.4) is 0 Å². The van der Waals surface area contributed by atoms with Gasteiger partial charge in [0.15, 0.2) is 5.78 Å². The molecule has 2 aromatic carbocycles. The fourth-order valence-corrected chi connectivity index (χ4v) is 5.42. The van der Waals surface area contributed by atoms with Gasteiger partial charge in [-0.25, -0.2) is 5.01 Å². The van der Waals surface area contributed by atoms with Crippen molar-refractivity contribution in [3.05, 3.63) is 74.8 Å². The van der Waals surface area contributed by atoms with Crippen LogP contribution in [0.25, 0.3) is 0 Å². The Balaban J connectivity index is 1.80. The molecule has 4 atom stereocenters. The number of amides is 3. The van der Waals surface area contributed by atoms with Crippen molar-refractivity contribution in [3.63, 3.8) is 0 Å². The summed E-state index contributed by atoms with van der Waals surface area (Å²) in [6.07, 6.45) is 1.76. The van der Waals surface area contributed by atoms with Crippen molar-refractivity contribution in [3.8, 4) is 0 Å². The molecule has 0 bridgehead atoms. The molecule has 37 heavy (non-hydrogen) atoms. The van der Waals surface area contributed by atoms with Gasteiger partial charge in [0.1, 0.15) is 6.04 Å². The number of fused-ring (bicyclic) bond motifs is 1. The van der Waals surface area contributed by atoms with Crippen molar-refractivity contribution in [1.29, 1.82) is 0 Å². The lowest BCUT2D eigenvalue weighted by Crippen LogP contribution is -2.57. The Morgan fingerprint density at radius 2 is 1.62 bits per heavy atom. The molecule has 0 unspecified atom stereocenters. The third kappa shape index (κ3) is 5.24. The smallest absolute Gasteiger partial charge is 0.273 e. The number of hydrazine groups is 1. The van der Waals surface area contributed by atoms with E-state index in [0.717, 1.165) is 28.6 Å². The zero-order chi connectivity index (χ0) is 26.9. The topological polar surface area (TPSA) is 118 Å². The predicted molar refractivity (Wildman–Crippen MR) is 136 cm³/mol. The second-order valence-corrected chi connectivity index (χ2v) is 10.3. The third-order valence-corrected chi connectivity index (χ3v) is 7.49. The minimum Gasteiger partial charge on any atom is -0.292 e. The zero-order valence-electron chi connectivity index (χ0n) is 20.0. The molecule has 3 amide bonds. The van der Waals surface area contributed by atoms with Gasteiger partial charge in [-0.1, -0.05) is 18.5 Å². The minimum absolute atomic E-state index is 0.0158. The summed E-state index contributed by atoms with van der Waals surface area (Å²) in [5, 5.41) is 13.2. The van der Waals surface area contributed by atoms with Gasteiger partial charge < -0.3 is 0 Å². The van der Waals surface area contributed by atoms with Crippen LogP contribution in [0.5, 0.6) is 0 Å². The lowest BCUT2D eigenvalue weighted by atomic mass is 9.76. The first-order chi connectivity index (χ1) is 17.6. The van der Waals surface area contributed by atoms with E-state index in [9.17, 15) is 29.3 Å². The van der Waals surface area contributed by atoms with E-state index in [0.29, 0.717) is 17.9 Å². The lowest BCUT2D eigenvalue weighted by molar-refractivity contribution is -0.384. The van der Waals surface area contributed by atoms with E-state index >= 15 is 0 Å². The monoisotopic (exact) mass is 545 g/mol. The van der Waals surface area contributed by atoms with Crippen LogP contribution in [0, 0.1) is 27.9 Å². The molecule has 0 spiro atoms. The number of benzene rings is 2. The van der Waals surface area contributed by atoms with Crippen LogP contribution in [-0.4, -0.2) is 50.4 Å². The van der Waals surface area contributed by atoms with Crippen LogP contribution in [-0.2, 0) is 9.59 Å². The van der Waals surface area contributed by atoms with Crippen LogP contribution in [0.4, 0.5) is 5.69 Å². The van der Waals surface area contributed by atoms with E-state index in [1.54, 1.807) is 0 Å². The van der Waals surface area contributed by atoms with Gasteiger partial charge in [0.25, 0.3) is 23.4 Å². The quantitative estimate of drug-likeness (QED) is 0.153. The lowest BCUT2D eigenvalue weighted by Gasteiger charge is -2.36. The number of nitro benzene ring substituents is 1. The normalized spacial score (nSPS) is 21.9. The number of halogens is 2. The highest BCUT2D eigenvalue weighted by Gasteiger charge is 2.54. The average molecular weight is 546 g/mol. The summed E-state index contributed by atoms with van der Waals surface area (Å²) in [6.45, 7) is 2.01. The third-order valence-electron chi connectivity index (χ3n) is 7.02. The van der Waals surface area contributed by atoms with Crippen LogP contribution in [0.2, 0.25) is 5.02 Å². The average Bonchev–Trinajstić information content (AvgIpc) is 3.12. The fraction of sp³-hybridized carbons (Fsp3) is 0.385. The molecule has 2 aromatic rings. The van der Waals surface area contributed by atoms with Gasteiger partial charge in [0.05, 0.1) is 16.8 Å². The number of hydrogen-bond donors (Lipinski definition) is 0. The Labute approximate surface area is 223 Å². The van der Waals surface area contributed by atoms with E-state index in [2.05, 4.69) is 0 Å². The number of Topliss-reactive ketones (excluding diaryl/α,β-unsaturated/α-hetero) is 1. The number of non-ortho nitro benzene ring substituents is 1. The Morgan fingerprint density at radius 1 is 1.03 bits per heavy atom. The summed E-state index contributed by atoms with van der Waals surface area (Å²) in [5.41, 5.74) is -0.0185. The van der Waals surface area contributed by atoms with Gasteiger partial charge >= 0.3 is 0 Å². The van der Waals surface area contributed by atoms with E-state index in [1.165, 1.54) is 36.4 Å². The van der Waals surface area contributed by atoms with Crippen LogP contribution in [0.1, 0.15) is 53.3 Å². The van der Waals surface area contributed by atoms with E-state index in [1.807, 2.05) is 6.92 Å². The molecule has 1 heterocycles. The largest absolute Gasteiger partial charge is 0.292 e. The van der Waals surface area contributed by atoms with Gasteiger partial charge in [-0.05, 0) is 68.0 Å². The number of ketones is 1. The van der Waals surface area contributed by atoms with Gasteiger partial charge in [0, 0.05) is 34.2 Å². The highest BCUT2D eigenvalue weighted by molar-refractivity contribution is 6.30. The molecule has 2 fully saturated rings. The summed E-state index contributed by atoms with van der Waals surface area (Å²) in [5.74, 6) is -3.32. The second-order valence-electron chi connectivity index (χ2n) is 9.44. The Hall–Kier alpha value is -3.30. The first kappa shape index (κ1) is 26.8. The number of carbonyl (C=O) groups is 4. The first-order valence-corrected chi connectivity index (χ1v) is 12.9. The molecule has 4 rings (SSSR count). The molecular weight excluding hydrogens is 521 g/mol. The van der Waals surface area contributed by atoms with Gasteiger partial charge in [0.2, 0.25) is 0 Å². The first-order valence-electron chi connectivity index (χ1n) is 12.0. The van der Waals surface area contributed by atoms with Crippen molar-refractivity contribution in [2.45, 2.75) is 38.6 Å². The van der Waals surface area contributed by atoms with Crippen molar-refractivity contribution >= 4 is 52.4 Å². The van der Waals surface area contributed by atoms with Crippen LogP contribution >= 0.6 is 23.2 Å². The van der Waals surface area contributed by atoms with Crippen molar-refractivity contribution in [2.24, 2.45) is 17.8 Å².